The molecule has 1 amide bonds. The Labute approximate surface area is 212 Å². The van der Waals surface area contributed by atoms with Crippen molar-refractivity contribution in [1.29, 1.82) is 0 Å². The maximum absolute atomic E-state index is 11.9. The number of carbonyl (C=O) groups is 3. The minimum Gasteiger partial charge on any atom is -0.481 e. The van der Waals surface area contributed by atoms with Gasteiger partial charge in [0.1, 0.15) is 6.10 Å². The van der Waals surface area contributed by atoms with Crippen LogP contribution in [-0.2, 0) is 35.2 Å². The van der Waals surface area contributed by atoms with Gasteiger partial charge in [0.25, 0.3) is 0 Å². The molecule has 1 aliphatic carbocycles. The minimum absolute atomic E-state index is 0.0219. The average molecular weight is 503 g/mol. The predicted molar refractivity (Wildman–Crippen MR) is 134 cm³/mol. The predicted octanol–water partition coefficient (Wildman–Crippen LogP) is 3.38. The zero-order valence-electron chi connectivity index (χ0n) is 21.2. The number of rotatable bonds is 12. The van der Waals surface area contributed by atoms with Gasteiger partial charge in [-0.1, -0.05) is 24.3 Å². The Balaban J connectivity index is 1.71. The Kier molecular flexibility index (Phi) is 10.9. The molecule has 0 bridgehead atoms. The van der Waals surface area contributed by atoms with Gasteiger partial charge in [0, 0.05) is 51.4 Å². The van der Waals surface area contributed by atoms with Crippen LogP contribution in [0.2, 0.25) is 0 Å². The summed E-state index contributed by atoms with van der Waals surface area (Å²) in [6, 6.07) is 7.59. The van der Waals surface area contributed by atoms with Gasteiger partial charge in [-0.3, -0.25) is 19.3 Å². The van der Waals surface area contributed by atoms with Gasteiger partial charge in [-0.25, -0.2) is 0 Å². The van der Waals surface area contributed by atoms with Gasteiger partial charge in [-0.2, -0.15) is 0 Å². The van der Waals surface area contributed by atoms with Crippen molar-refractivity contribution < 1.29 is 33.7 Å². The van der Waals surface area contributed by atoms with E-state index in [1.54, 1.807) is 0 Å². The summed E-state index contributed by atoms with van der Waals surface area (Å²) in [6.45, 7) is 6.17. The van der Waals surface area contributed by atoms with Gasteiger partial charge in [-0.05, 0) is 37.0 Å². The molecule has 1 saturated carbocycles. The standard InChI is InChI=1S/C27H38N2O7/c1-19(30)28-22-11-9-21(10-12-22)18-35-24-17-25(36-20(2)31)27(29-13-15-34-16-14-29)23(24)7-5-3-4-6-8-26(32)33/h3,5,9-12,23-25,27H,4,6-8,13-18H2,1-2H3,(H,28,30)(H,32,33). The van der Waals surface area contributed by atoms with Gasteiger partial charge >= 0.3 is 11.9 Å². The van der Waals surface area contributed by atoms with Gasteiger partial charge in [0.15, 0.2) is 0 Å². The van der Waals surface area contributed by atoms with E-state index >= 15 is 0 Å². The lowest BCUT2D eigenvalue weighted by atomic mass is 9.94. The number of carboxylic acid groups (broad SMARTS) is 1. The number of aliphatic carboxylic acids is 1. The van der Waals surface area contributed by atoms with E-state index in [1.807, 2.05) is 30.3 Å². The molecular weight excluding hydrogens is 464 g/mol. The van der Waals surface area contributed by atoms with E-state index in [1.165, 1.54) is 13.8 Å². The van der Waals surface area contributed by atoms with E-state index in [0.29, 0.717) is 39.1 Å². The van der Waals surface area contributed by atoms with E-state index in [-0.39, 0.29) is 42.5 Å². The van der Waals surface area contributed by atoms with Crippen LogP contribution < -0.4 is 5.32 Å². The van der Waals surface area contributed by atoms with Crippen LogP contribution in [0, 0.1) is 5.92 Å². The summed E-state index contributed by atoms with van der Waals surface area (Å²) in [6.07, 6.45) is 6.60. The number of amides is 1. The van der Waals surface area contributed by atoms with Crippen molar-refractivity contribution in [3.63, 3.8) is 0 Å². The molecule has 2 N–H and O–H groups in total. The highest BCUT2D eigenvalue weighted by atomic mass is 16.5. The minimum atomic E-state index is -0.783. The fraction of sp³-hybridized carbons (Fsp3) is 0.593. The third-order valence-electron chi connectivity index (χ3n) is 6.62. The highest BCUT2D eigenvalue weighted by Gasteiger charge is 2.48. The number of allylic oxidation sites excluding steroid dienone is 2. The number of hydrogen-bond donors (Lipinski definition) is 2. The van der Waals surface area contributed by atoms with Crippen molar-refractivity contribution in [2.75, 3.05) is 31.6 Å². The summed E-state index contributed by atoms with van der Waals surface area (Å²) in [5.74, 6) is -1.08. The lowest BCUT2D eigenvalue weighted by Gasteiger charge is -2.38. The van der Waals surface area contributed by atoms with Crippen molar-refractivity contribution in [2.45, 2.75) is 70.8 Å². The first kappa shape index (κ1) is 27.8. The zero-order valence-corrected chi connectivity index (χ0v) is 21.2. The van der Waals surface area contributed by atoms with Crippen molar-refractivity contribution in [3.05, 3.63) is 42.0 Å². The van der Waals surface area contributed by atoms with Crippen LogP contribution in [0.4, 0.5) is 5.69 Å². The highest BCUT2D eigenvalue weighted by molar-refractivity contribution is 5.88. The quantitative estimate of drug-likeness (QED) is 0.254. The molecule has 198 valence electrons. The highest BCUT2D eigenvalue weighted by Crippen LogP contribution is 2.38. The molecule has 4 atom stereocenters. The number of nitrogens with zero attached hydrogens (tertiary/aromatic N) is 1. The summed E-state index contributed by atoms with van der Waals surface area (Å²) >= 11 is 0. The molecular formula is C27H38N2O7. The summed E-state index contributed by atoms with van der Waals surface area (Å²) in [7, 11) is 0. The van der Waals surface area contributed by atoms with Crippen LogP contribution in [0.1, 0.15) is 51.5 Å². The molecule has 4 unspecified atom stereocenters. The number of anilines is 1. The molecule has 9 nitrogen and oxygen atoms in total. The molecule has 3 rings (SSSR count). The Bertz CT molecular complexity index is 896. The maximum atomic E-state index is 11.9. The molecule has 0 spiro atoms. The second kappa shape index (κ2) is 14.1. The average Bonchev–Trinajstić information content (AvgIpc) is 3.17. The van der Waals surface area contributed by atoms with E-state index in [9.17, 15) is 14.4 Å². The van der Waals surface area contributed by atoms with Gasteiger partial charge in [0.05, 0.1) is 32.0 Å². The number of nitrogens with one attached hydrogen (secondary N) is 1. The third-order valence-corrected chi connectivity index (χ3v) is 6.62. The number of hydrogen-bond acceptors (Lipinski definition) is 7. The number of ether oxygens (including phenoxy) is 3. The normalized spacial score (nSPS) is 24.6. The lowest BCUT2D eigenvalue weighted by Crippen LogP contribution is -2.51. The zero-order chi connectivity index (χ0) is 25.9. The monoisotopic (exact) mass is 502 g/mol. The molecule has 1 saturated heterocycles. The Morgan fingerprint density at radius 1 is 1.11 bits per heavy atom. The first-order chi connectivity index (χ1) is 17.3. The topological polar surface area (TPSA) is 114 Å². The molecule has 1 aliphatic heterocycles. The van der Waals surface area contributed by atoms with Crippen molar-refractivity contribution >= 4 is 23.5 Å². The van der Waals surface area contributed by atoms with Crippen LogP contribution in [0.15, 0.2) is 36.4 Å². The summed E-state index contributed by atoms with van der Waals surface area (Å²) in [4.78, 5) is 36.3. The summed E-state index contributed by atoms with van der Waals surface area (Å²) in [5.41, 5.74) is 1.73. The molecule has 36 heavy (non-hydrogen) atoms. The number of carboxylic acids is 1. The van der Waals surface area contributed by atoms with Gasteiger partial charge < -0.3 is 24.6 Å². The summed E-state index contributed by atoms with van der Waals surface area (Å²) < 4.78 is 17.8. The SMILES string of the molecule is CC(=O)Nc1ccc(COC2CC(OC(C)=O)C(N3CCOCC3)C2CC=CCCCC(=O)O)cc1. The van der Waals surface area contributed by atoms with E-state index in [0.717, 1.165) is 30.8 Å². The second-order valence-corrected chi connectivity index (χ2v) is 9.41. The Morgan fingerprint density at radius 3 is 2.47 bits per heavy atom. The fourth-order valence-electron chi connectivity index (χ4n) is 5.07. The second-order valence-electron chi connectivity index (χ2n) is 9.41. The first-order valence-electron chi connectivity index (χ1n) is 12.7. The molecule has 0 aromatic heterocycles. The van der Waals surface area contributed by atoms with Crippen LogP contribution >= 0.6 is 0 Å². The third kappa shape index (κ3) is 8.72. The van der Waals surface area contributed by atoms with Crippen molar-refractivity contribution in [1.82, 2.24) is 4.90 Å². The van der Waals surface area contributed by atoms with E-state index in [2.05, 4.69) is 16.3 Å². The largest absolute Gasteiger partial charge is 0.481 e. The van der Waals surface area contributed by atoms with Gasteiger partial charge in [0.2, 0.25) is 5.91 Å². The van der Waals surface area contributed by atoms with Gasteiger partial charge in [-0.15, -0.1) is 0 Å². The fourth-order valence-corrected chi connectivity index (χ4v) is 5.07. The number of esters is 1. The molecule has 9 heteroatoms. The molecule has 2 aliphatic rings. The lowest BCUT2D eigenvalue weighted by molar-refractivity contribution is -0.150. The Hall–Kier alpha value is -2.75. The first-order valence-corrected chi connectivity index (χ1v) is 12.7. The summed E-state index contributed by atoms with van der Waals surface area (Å²) in [5, 5.41) is 11.6. The van der Waals surface area contributed by atoms with Crippen molar-refractivity contribution in [2.24, 2.45) is 5.92 Å². The van der Waals surface area contributed by atoms with Crippen LogP contribution in [-0.4, -0.2) is 72.4 Å². The maximum Gasteiger partial charge on any atom is 0.303 e. The molecule has 1 aromatic carbocycles. The molecule has 2 fully saturated rings. The molecule has 1 aromatic rings. The van der Waals surface area contributed by atoms with Crippen LogP contribution in [0.3, 0.4) is 0 Å². The van der Waals surface area contributed by atoms with Crippen LogP contribution in [0.5, 0.6) is 0 Å². The van der Waals surface area contributed by atoms with E-state index < -0.39 is 5.97 Å². The van der Waals surface area contributed by atoms with E-state index in [4.69, 9.17) is 19.3 Å². The number of carbonyl (C=O) groups excluding carboxylic acids is 2. The molecule has 0 radical (unpaired) electrons. The number of morpholine rings is 1. The number of unbranched alkanes of at least 4 members (excludes halogenated alkanes) is 1. The Morgan fingerprint density at radius 2 is 1.83 bits per heavy atom. The molecule has 1 heterocycles. The van der Waals surface area contributed by atoms with Crippen LogP contribution in [0.25, 0.3) is 0 Å². The smallest absolute Gasteiger partial charge is 0.303 e. The number of benzene rings is 1. The van der Waals surface area contributed by atoms with Crippen molar-refractivity contribution in [3.8, 4) is 0 Å².